The Morgan fingerprint density at radius 1 is 1.43 bits per heavy atom. The molecule has 1 aliphatic rings. The Labute approximate surface area is 43.3 Å². The fraction of sp³-hybridized carbons (Fsp3) is 1.00. The van der Waals surface area contributed by atoms with Gasteiger partial charge in [-0.15, -0.1) is 0 Å². The van der Waals surface area contributed by atoms with Gasteiger partial charge in [-0.3, -0.25) is 0 Å². The van der Waals surface area contributed by atoms with E-state index in [-0.39, 0.29) is 6.10 Å². The van der Waals surface area contributed by atoms with Crippen molar-refractivity contribution in [1.82, 2.24) is 0 Å². The van der Waals surface area contributed by atoms with E-state index >= 15 is 0 Å². The standard InChI is InChI=1S/C5H11NO/c6-4-2-1-3-5(4)7/h4-5,7H,1-3,6H2/p+1/t4-,5-/m0/s1. The first-order valence-electron chi connectivity index (χ1n) is 2.82. The molecule has 0 aromatic carbocycles. The van der Waals surface area contributed by atoms with Gasteiger partial charge in [-0.1, -0.05) is 0 Å². The highest BCUT2D eigenvalue weighted by Crippen LogP contribution is 2.14. The molecule has 42 valence electrons. The lowest BCUT2D eigenvalue weighted by molar-refractivity contribution is -0.432. The number of rotatable bonds is 0. The zero-order valence-electron chi connectivity index (χ0n) is 4.43. The van der Waals surface area contributed by atoms with Gasteiger partial charge in [0.15, 0.2) is 0 Å². The van der Waals surface area contributed by atoms with Crippen LogP contribution in [0.25, 0.3) is 0 Å². The van der Waals surface area contributed by atoms with Crippen molar-refractivity contribution < 1.29 is 10.8 Å². The summed E-state index contributed by atoms with van der Waals surface area (Å²) < 4.78 is 0. The van der Waals surface area contributed by atoms with Crippen molar-refractivity contribution >= 4 is 0 Å². The molecule has 0 unspecified atom stereocenters. The zero-order chi connectivity index (χ0) is 5.28. The average molecular weight is 102 g/mol. The van der Waals surface area contributed by atoms with Crippen LogP contribution in [0.5, 0.6) is 0 Å². The average Bonchev–Trinajstić information content (AvgIpc) is 1.91. The van der Waals surface area contributed by atoms with Crippen molar-refractivity contribution in [2.24, 2.45) is 0 Å². The normalized spacial score (nSPS) is 42.0. The molecule has 0 bridgehead atoms. The van der Waals surface area contributed by atoms with Crippen LogP contribution < -0.4 is 5.73 Å². The number of hydrogen-bond acceptors (Lipinski definition) is 1. The number of hydrogen-bond donors (Lipinski definition) is 2. The largest absolute Gasteiger partial charge is 0.387 e. The van der Waals surface area contributed by atoms with Gasteiger partial charge < -0.3 is 10.8 Å². The monoisotopic (exact) mass is 102 g/mol. The van der Waals surface area contributed by atoms with E-state index in [4.69, 9.17) is 5.11 Å². The van der Waals surface area contributed by atoms with Crippen LogP contribution in [0.1, 0.15) is 19.3 Å². The molecular weight excluding hydrogens is 90.1 g/mol. The molecule has 0 amide bonds. The second-order valence-electron chi connectivity index (χ2n) is 2.26. The van der Waals surface area contributed by atoms with Gasteiger partial charge in [0.05, 0.1) is 0 Å². The summed E-state index contributed by atoms with van der Waals surface area (Å²) in [7, 11) is 0. The Balaban J connectivity index is 2.33. The van der Waals surface area contributed by atoms with Gasteiger partial charge in [-0.05, 0) is 12.8 Å². The molecule has 0 aromatic rings. The topological polar surface area (TPSA) is 47.9 Å². The molecule has 0 saturated heterocycles. The first-order chi connectivity index (χ1) is 3.30. The Bertz CT molecular complexity index is 57.1. The summed E-state index contributed by atoms with van der Waals surface area (Å²) in [5, 5.41) is 8.94. The predicted octanol–water partition coefficient (Wildman–Crippen LogP) is -0.858. The summed E-state index contributed by atoms with van der Waals surface area (Å²) in [4.78, 5) is 0. The van der Waals surface area contributed by atoms with E-state index in [0.29, 0.717) is 6.04 Å². The lowest BCUT2D eigenvalue weighted by atomic mass is 10.2. The molecule has 7 heavy (non-hydrogen) atoms. The number of aliphatic hydroxyl groups excluding tert-OH is 1. The highest BCUT2D eigenvalue weighted by molar-refractivity contribution is 4.73. The Morgan fingerprint density at radius 3 is 2.29 bits per heavy atom. The van der Waals surface area contributed by atoms with Gasteiger partial charge in [0.2, 0.25) is 0 Å². The van der Waals surface area contributed by atoms with Crippen LogP contribution in [-0.2, 0) is 0 Å². The lowest BCUT2D eigenvalue weighted by Gasteiger charge is -2.00. The summed E-state index contributed by atoms with van der Waals surface area (Å²) in [6, 6.07) is 0.319. The Kier molecular flexibility index (Phi) is 1.30. The van der Waals surface area contributed by atoms with E-state index in [1.807, 2.05) is 0 Å². The highest BCUT2D eigenvalue weighted by atomic mass is 16.3. The molecule has 0 radical (unpaired) electrons. The Hall–Kier alpha value is -0.0800. The van der Waals surface area contributed by atoms with Gasteiger partial charge in [-0.25, -0.2) is 0 Å². The molecular formula is C5H12NO+. The van der Waals surface area contributed by atoms with E-state index in [9.17, 15) is 0 Å². The quantitative estimate of drug-likeness (QED) is 0.411. The van der Waals surface area contributed by atoms with Crippen molar-refractivity contribution in [2.75, 3.05) is 0 Å². The first kappa shape index (κ1) is 5.06. The minimum Gasteiger partial charge on any atom is -0.387 e. The molecule has 0 aromatic heterocycles. The molecule has 0 aliphatic heterocycles. The maximum Gasteiger partial charge on any atom is 0.111 e. The second-order valence-corrected chi connectivity index (χ2v) is 2.26. The summed E-state index contributed by atoms with van der Waals surface area (Å²) in [6.07, 6.45) is 3.14. The van der Waals surface area contributed by atoms with Crippen molar-refractivity contribution in [3.8, 4) is 0 Å². The van der Waals surface area contributed by atoms with E-state index < -0.39 is 0 Å². The third kappa shape index (κ3) is 0.924. The minimum atomic E-state index is -0.0972. The summed E-state index contributed by atoms with van der Waals surface area (Å²) in [5.41, 5.74) is 3.77. The first-order valence-corrected chi connectivity index (χ1v) is 2.82. The molecule has 2 heteroatoms. The van der Waals surface area contributed by atoms with Gasteiger partial charge >= 0.3 is 0 Å². The van der Waals surface area contributed by atoms with E-state index in [1.54, 1.807) is 0 Å². The highest BCUT2D eigenvalue weighted by Gasteiger charge is 2.23. The van der Waals surface area contributed by atoms with Crippen molar-refractivity contribution in [3.63, 3.8) is 0 Å². The fourth-order valence-corrected chi connectivity index (χ4v) is 1.02. The third-order valence-electron chi connectivity index (χ3n) is 1.62. The molecule has 0 spiro atoms. The molecule has 4 N–H and O–H groups in total. The Morgan fingerprint density at radius 2 is 2.14 bits per heavy atom. The molecule has 1 saturated carbocycles. The van der Waals surface area contributed by atoms with Crippen LogP contribution in [0.15, 0.2) is 0 Å². The van der Waals surface area contributed by atoms with Crippen LogP contribution in [0.2, 0.25) is 0 Å². The zero-order valence-corrected chi connectivity index (χ0v) is 4.43. The molecule has 1 rings (SSSR count). The van der Waals surface area contributed by atoms with Crippen LogP contribution in [-0.4, -0.2) is 17.3 Å². The third-order valence-corrected chi connectivity index (χ3v) is 1.62. The maximum absolute atomic E-state index is 8.94. The van der Waals surface area contributed by atoms with Crippen molar-refractivity contribution in [1.29, 1.82) is 0 Å². The second kappa shape index (κ2) is 1.80. The van der Waals surface area contributed by atoms with Crippen LogP contribution in [0, 0.1) is 0 Å². The molecule has 1 fully saturated rings. The maximum atomic E-state index is 8.94. The van der Waals surface area contributed by atoms with Crippen molar-refractivity contribution in [2.45, 2.75) is 31.4 Å². The molecule has 0 heterocycles. The van der Waals surface area contributed by atoms with Crippen molar-refractivity contribution in [3.05, 3.63) is 0 Å². The summed E-state index contributed by atoms with van der Waals surface area (Å²) in [6.45, 7) is 0. The smallest absolute Gasteiger partial charge is 0.111 e. The number of aliphatic hydroxyl groups is 1. The van der Waals surface area contributed by atoms with Gasteiger partial charge in [-0.2, -0.15) is 0 Å². The number of quaternary nitrogens is 1. The molecule has 2 nitrogen and oxygen atoms in total. The summed E-state index contributed by atoms with van der Waals surface area (Å²) in [5.74, 6) is 0. The van der Waals surface area contributed by atoms with E-state index in [0.717, 1.165) is 19.3 Å². The van der Waals surface area contributed by atoms with Gasteiger partial charge in [0.25, 0.3) is 0 Å². The lowest BCUT2D eigenvalue weighted by Crippen LogP contribution is -2.64. The fourth-order valence-electron chi connectivity index (χ4n) is 1.02. The molecule has 1 aliphatic carbocycles. The minimum absolute atomic E-state index is 0.0972. The van der Waals surface area contributed by atoms with Crippen LogP contribution >= 0.6 is 0 Å². The van der Waals surface area contributed by atoms with Crippen LogP contribution in [0.3, 0.4) is 0 Å². The molecule has 2 atom stereocenters. The van der Waals surface area contributed by atoms with E-state index in [1.165, 1.54) is 0 Å². The SMILES string of the molecule is [NH3+][C@H]1CCC[C@@H]1O. The van der Waals surface area contributed by atoms with Gasteiger partial charge in [0.1, 0.15) is 12.1 Å². The predicted molar refractivity (Wildman–Crippen MR) is 26.5 cm³/mol. The summed E-state index contributed by atoms with van der Waals surface area (Å²) >= 11 is 0. The van der Waals surface area contributed by atoms with Crippen LogP contribution in [0.4, 0.5) is 0 Å². The van der Waals surface area contributed by atoms with E-state index in [2.05, 4.69) is 5.73 Å². The van der Waals surface area contributed by atoms with Gasteiger partial charge in [0, 0.05) is 6.42 Å².